The number of hydrogen-bond donors (Lipinski definition) is 2. The van der Waals surface area contributed by atoms with E-state index in [1.807, 2.05) is 31.2 Å². The molecular weight excluding hydrogens is 548 g/mol. The number of hydrogen-bond acceptors (Lipinski definition) is 8. The van der Waals surface area contributed by atoms with Gasteiger partial charge in [0.1, 0.15) is 23.3 Å². The maximum Gasteiger partial charge on any atom is 0.411 e. The molecule has 0 radical (unpaired) electrons. The standard InChI is InChI=1S/C29H36N4O7S/c1-6-18-14-29(18,26(35)32-41(37,38)20-11-12-20)31-24(34)23-13-19(16-33(23)27(36)40-28(3,4)5)39-25-22-10-8-7-9-21(22)17(2)15-30-25/h6-10,15,18-20,23H,1,11-14,16H2,2-5H3,(H,31,34)(H,32,35)/t18-,19-,23+,29-/m1/s1. The van der Waals surface area contributed by atoms with Gasteiger partial charge in [-0.15, -0.1) is 6.58 Å². The Balaban J connectivity index is 1.38. The molecule has 1 saturated heterocycles. The first-order chi connectivity index (χ1) is 19.2. The van der Waals surface area contributed by atoms with E-state index in [1.165, 1.54) is 11.0 Å². The average molecular weight is 585 g/mol. The number of fused-ring (bicyclic) bond motifs is 1. The molecule has 0 spiro atoms. The number of amides is 3. The van der Waals surface area contributed by atoms with Crippen LogP contribution in [0.5, 0.6) is 5.88 Å². The average Bonchev–Trinajstić information content (AvgIpc) is 3.82. The van der Waals surface area contributed by atoms with Gasteiger partial charge in [0.15, 0.2) is 0 Å². The van der Waals surface area contributed by atoms with E-state index >= 15 is 0 Å². The van der Waals surface area contributed by atoms with Gasteiger partial charge in [0, 0.05) is 23.9 Å². The van der Waals surface area contributed by atoms with Crippen LogP contribution in [0.2, 0.25) is 0 Å². The molecule has 1 aromatic carbocycles. The highest BCUT2D eigenvalue weighted by molar-refractivity contribution is 7.91. The summed E-state index contributed by atoms with van der Waals surface area (Å²) in [4.78, 5) is 45.8. The summed E-state index contributed by atoms with van der Waals surface area (Å²) < 4.78 is 38.9. The van der Waals surface area contributed by atoms with Crippen LogP contribution in [0.15, 0.2) is 43.1 Å². The Morgan fingerprint density at radius 2 is 1.85 bits per heavy atom. The molecule has 1 aliphatic heterocycles. The normalized spacial score (nSPS) is 25.9. The van der Waals surface area contributed by atoms with Crippen molar-refractivity contribution in [1.82, 2.24) is 19.9 Å². The number of carbonyl (C=O) groups is 3. The number of benzene rings is 1. The van der Waals surface area contributed by atoms with E-state index in [0.717, 1.165) is 16.3 Å². The molecule has 220 valence electrons. The number of aromatic nitrogens is 1. The number of nitrogens with zero attached hydrogens (tertiary/aromatic N) is 2. The van der Waals surface area contributed by atoms with Crippen LogP contribution in [-0.2, 0) is 24.3 Å². The van der Waals surface area contributed by atoms with Crippen LogP contribution < -0.4 is 14.8 Å². The number of carbonyl (C=O) groups excluding carboxylic acids is 3. The largest absolute Gasteiger partial charge is 0.472 e. The third-order valence-electron chi connectivity index (χ3n) is 7.68. The Labute approximate surface area is 239 Å². The van der Waals surface area contributed by atoms with Crippen molar-refractivity contribution in [1.29, 1.82) is 0 Å². The number of pyridine rings is 1. The van der Waals surface area contributed by atoms with Crippen molar-refractivity contribution in [2.45, 2.75) is 81.9 Å². The summed E-state index contributed by atoms with van der Waals surface area (Å²) in [7, 11) is -3.82. The molecule has 2 saturated carbocycles. The number of ether oxygens (including phenoxy) is 2. The Hall–Kier alpha value is -3.67. The van der Waals surface area contributed by atoms with E-state index < -0.39 is 62.4 Å². The summed E-state index contributed by atoms with van der Waals surface area (Å²) in [6.07, 6.45) is 3.24. The first-order valence-electron chi connectivity index (χ1n) is 13.8. The molecule has 11 nitrogen and oxygen atoms in total. The third-order valence-corrected chi connectivity index (χ3v) is 9.50. The zero-order valence-electron chi connectivity index (χ0n) is 23.7. The Kier molecular flexibility index (Phi) is 7.25. The van der Waals surface area contributed by atoms with Gasteiger partial charge in [-0.3, -0.25) is 19.2 Å². The van der Waals surface area contributed by atoms with Crippen LogP contribution in [0.3, 0.4) is 0 Å². The molecular formula is C29H36N4O7S. The number of nitrogens with one attached hydrogen (secondary N) is 2. The lowest BCUT2D eigenvalue weighted by molar-refractivity contribution is -0.131. The first kappa shape index (κ1) is 28.8. The topological polar surface area (TPSA) is 144 Å². The molecule has 3 amide bonds. The zero-order valence-corrected chi connectivity index (χ0v) is 24.5. The minimum absolute atomic E-state index is 0.0526. The number of rotatable bonds is 8. The first-order valence-corrected chi connectivity index (χ1v) is 15.3. The van der Waals surface area contributed by atoms with Crippen molar-refractivity contribution in [2.24, 2.45) is 5.92 Å². The lowest BCUT2D eigenvalue weighted by Gasteiger charge is -2.29. The maximum absolute atomic E-state index is 13.7. The van der Waals surface area contributed by atoms with Crippen LogP contribution in [0.25, 0.3) is 10.8 Å². The van der Waals surface area contributed by atoms with E-state index in [-0.39, 0.29) is 19.4 Å². The predicted molar refractivity (Wildman–Crippen MR) is 152 cm³/mol. The van der Waals surface area contributed by atoms with Gasteiger partial charge < -0.3 is 14.8 Å². The second-order valence-electron chi connectivity index (χ2n) is 12.1. The van der Waals surface area contributed by atoms with Crippen molar-refractivity contribution < 1.29 is 32.3 Å². The Morgan fingerprint density at radius 1 is 1.17 bits per heavy atom. The number of likely N-dealkylation sites (tertiary alicyclic amines) is 1. The van der Waals surface area contributed by atoms with Gasteiger partial charge in [-0.1, -0.05) is 24.3 Å². The van der Waals surface area contributed by atoms with Gasteiger partial charge in [0.05, 0.1) is 11.8 Å². The molecule has 2 aliphatic carbocycles. The molecule has 2 heterocycles. The third kappa shape index (κ3) is 5.88. The summed E-state index contributed by atoms with van der Waals surface area (Å²) in [5.41, 5.74) is -1.29. The van der Waals surface area contributed by atoms with Crippen molar-refractivity contribution >= 4 is 38.7 Å². The van der Waals surface area contributed by atoms with E-state index in [9.17, 15) is 22.8 Å². The smallest absolute Gasteiger partial charge is 0.411 e. The molecule has 3 aliphatic rings. The van der Waals surface area contributed by atoms with Crippen LogP contribution in [0.1, 0.15) is 52.0 Å². The van der Waals surface area contributed by atoms with Gasteiger partial charge in [0.25, 0.3) is 5.91 Å². The van der Waals surface area contributed by atoms with Gasteiger partial charge in [-0.25, -0.2) is 18.2 Å². The van der Waals surface area contributed by atoms with Crippen molar-refractivity contribution in [3.05, 3.63) is 48.7 Å². The summed E-state index contributed by atoms with van der Waals surface area (Å²) in [6.45, 7) is 10.9. The fourth-order valence-corrected chi connectivity index (χ4v) is 6.60. The van der Waals surface area contributed by atoms with Gasteiger partial charge in [-0.05, 0) is 64.0 Å². The van der Waals surface area contributed by atoms with Gasteiger partial charge in [-0.2, -0.15) is 0 Å². The second-order valence-corrected chi connectivity index (χ2v) is 14.1. The molecule has 0 bridgehead atoms. The molecule has 2 aromatic rings. The zero-order chi connectivity index (χ0) is 29.7. The summed E-state index contributed by atoms with van der Waals surface area (Å²) in [6, 6.07) is 6.65. The van der Waals surface area contributed by atoms with Crippen LogP contribution in [0, 0.1) is 12.8 Å². The fourth-order valence-electron chi connectivity index (χ4n) is 5.23. The van der Waals surface area contributed by atoms with Gasteiger partial charge in [0.2, 0.25) is 21.8 Å². The van der Waals surface area contributed by atoms with Crippen molar-refractivity contribution in [3.63, 3.8) is 0 Å². The molecule has 4 atom stereocenters. The molecule has 1 aromatic heterocycles. The molecule has 0 unspecified atom stereocenters. The second kappa shape index (κ2) is 10.3. The fraction of sp³-hybridized carbons (Fsp3) is 0.517. The van der Waals surface area contributed by atoms with Crippen LogP contribution in [0.4, 0.5) is 4.79 Å². The SMILES string of the molecule is C=C[C@@H]1C[C@]1(NC(=O)[C@@H]1C[C@@H](Oc2ncc(C)c3ccccc23)CN1C(=O)OC(C)(C)C)C(=O)NS(=O)(=O)C1CC1. The van der Waals surface area contributed by atoms with Crippen LogP contribution >= 0.6 is 0 Å². The quantitative estimate of drug-likeness (QED) is 0.451. The molecule has 12 heteroatoms. The van der Waals surface area contributed by atoms with Crippen molar-refractivity contribution in [3.8, 4) is 5.88 Å². The maximum atomic E-state index is 13.7. The Bertz CT molecular complexity index is 1510. The number of sulfonamides is 1. The van der Waals surface area contributed by atoms with Crippen LogP contribution in [-0.4, -0.2) is 71.3 Å². The lowest BCUT2D eigenvalue weighted by Crippen LogP contribution is -2.56. The number of aryl methyl sites for hydroxylation is 1. The van der Waals surface area contributed by atoms with Crippen molar-refractivity contribution in [2.75, 3.05) is 6.54 Å². The highest BCUT2D eigenvalue weighted by Crippen LogP contribution is 2.45. The van der Waals surface area contributed by atoms with E-state index in [4.69, 9.17) is 9.47 Å². The predicted octanol–water partition coefficient (Wildman–Crippen LogP) is 2.97. The molecule has 5 rings (SSSR count). The highest BCUT2D eigenvalue weighted by atomic mass is 32.2. The van der Waals surface area contributed by atoms with E-state index in [1.54, 1.807) is 27.0 Å². The minimum atomic E-state index is -3.82. The highest BCUT2D eigenvalue weighted by Gasteiger charge is 2.62. The van der Waals surface area contributed by atoms with E-state index in [2.05, 4.69) is 21.6 Å². The molecule has 2 N–H and O–H groups in total. The molecule has 41 heavy (non-hydrogen) atoms. The monoisotopic (exact) mass is 584 g/mol. The Morgan fingerprint density at radius 3 is 2.46 bits per heavy atom. The summed E-state index contributed by atoms with van der Waals surface area (Å²) >= 11 is 0. The van der Waals surface area contributed by atoms with E-state index in [0.29, 0.717) is 18.7 Å². The minimum Gasteiger partial charge on any atom is -0.472 e. The van der Waals surface area contributed by atoms with Gasteiger partial charge >= 0.3 is 6.09 Å². The summed E-state index contributed by atoms with van der Waals surface area (Å²) in [5, 5.41) is 3.95. The molecule has 3 fully saturated rings. The lowest BCUT2D eigenvalue weighted by atomic mass is 10.1. The summed E-state index contributed by atoms with van der Waals surface area (Å²) in [5.74, 6) is -1.47.